The van der Waals surface area contributed by atoms with Crippen LogP contribution >= 0.6 is 0 Å². The number of aliphatic carboxylic acids is 1. The fourth-order valence-electron chi connectivity index (χ4n) is 2.63. The maximum atomic E-state index is 11.4. The monoisotopic (exact) mass is 302 g/mol. The first-order chi connectivity index (χ1) is 9.49. The number of unbranched alkanes of at least 4 members (excludes halogenated alkanes) is 1. The minimum absolute atomic E-state index is 0.410. The number of carbonyl (C=O) groups is 1. The fraction of sp³-hybridized carbons (Fsp3) is 0.929. The van der Waals surface area contributed by atoms with Crippen molar-refractivity contribution in [1.82, 2.24) is 10.2 Å². The average molecular weight is 302 g/mol. The van der Waals surface area contributed by atoms with Gasteiger partial charge in [-0.05, 0) is 45.6 Å². The smallest absolute Gasteiger partial charge is 0.323 e. The van der Waals surface area contributed by atoms with Gasteiger partial charge < -0.3 is 10.0 Å². The third-order valence-electron chi connectivity index (χ3n) is 4.24. The molecule has 1 heterocycles. The SMILES string of the molecule is CC(CCCCN1CCS(=O)CC1)(NC1CC1)C(=O)O. The van der Waals surface area contributed by atoms with Crippen LogP contribution in [-0.4, -0.2) is 62.9 Å². The Kier molecular flexibility index (Phi) is 5.57. The van der Waals surface area contributed by atoms with Crippen LogP contribution < -0.4 is 5.32 Å². The van der Waals surface area contributed by atoms with Gasteiger partial charge in [-0.2, -0.15) is 0 Å². The Hall–Kier alpha value is -0.460. The molecule has 2 N–H and O–H groups in total. The summed E-state index contributed by atoms with van der Waals surface area (Å²) in [5, 5.41) is 12.6. The highest BCUT2D eigenvalue weighted by atomic mass is 32.2. The van der Waals surface area contributed by atoms with Crippen LogP contribution in [0.15, 0.2) is 0 Å². The molecule has 0 bridgehead atoms. The Bertz CT molecular complexity index is 363. The van der Waals surface area contributed by atoms with E-state index in [1.165, 1.54) is 0 Å². The Morgan fingerprint density at radius 3 is 2.55 bits per heavy atom. The maximum absolute atomic E-state index is 11.4. The zero-order valence-corrected chi connectivity index (χ0v) is 13.1. The van der Waals surface area contributed by atoms with Crippen LogP contribution in [0.1, 0.15) is 39.0 Å². The lowest BCUT2D eigenvalue weighted by molar-refractivity contribution is -0.144. The van der Waals surface area contributed by atoms with Crippen molar-refractivity contribution >= 4 is 16.8 Å². The third kappa shape index (κ3) is 4.82. The van der Waals surface area contributed by atoms with E-state index in [0.29, 0.717) is 12.5 Å². The summed E-state index contributed by atoms with van der Waals surface area (Å²) in [6.45, 7) is 4.64. The number of hydrogen-bond donors (Lipinski definition) is 2. The summed E-state index contributed by atoms with van der Waals surface area (Å²) in [6, 6.07) is 0.410. The Morgan fingerprint density at radius 2 is 2.00 bits per heavy atom. The first-order valence-corrected chi connectivity index (χ1v) is 9.07. The third-order valence-corrected chi connectivity index (χ3v) is 5.52. The van der Waals surface area contributed by atoms with Gasteiger partial charge in [0.05, 0.1) is 0 Å². The molecule has 0 aromatic rings. The number of hydrogen-bond acceptors (Lipinski definition) is 4. The van der Waals surface area contributed by atoms with E-state index in [2.05, 4.69) is 10.2 Å². The van der Waals surface area contributed by atoms with E-state index in [9.17, 15) is 14.1 Å². The van der Waals surface area contributed by atoms with E-state index in [1.54, 1.807) is 6.92 Å². The van der Waals surface area contributed by atoms with E-state index in [-0.39, 0.29) is 0 Å². The van der Waals surface area contributed by atoms with Crippen LogP contribution in [0.3, 0.4) is 0 Å². The normalized spacial score (nSPS) is 24.4. The molecule has 0 aromatic carbocycles. The molecule has 2 rings (SSSR count). The second-order valence-corrected chi connectivity index (χ2v) is 7.90. The first-order valence-electron chi connectivity index (χ1n) is 7.58. The molecule has 2 fully saturated rings. The molecule has 0 aromatic heterocycles. The summed E-state index contributed by atoms with van der Waals surface area (Å²) in [5.74, 6) is 0.837. The number of nitrogens with one attached hydrogen (secondary N) is 1. The Labute approximate surface area is 123 Å². The minimum atomic E-state index is -0.773. The average Bonchev–Trinajstić information content (AvgIpc) is 3.20. The van der Waals surface area contributed by atoms with Crippen LogP contribution in [-0.2, 0) is 15.6 Å². The number of carboxylic acids is 1. The standard InChI is InChI=1S/C14H26N2O3S/c1-14(13(17)18,15-12-4-5-12)6-2-3-7-16-8-10-20(19)11-9-16/h12,15H,2-11H2,1H3,(H,17,18). The van der Waals surface area contributed by atoms with Gasteiger partial charge >= 0.3 is 5.97 Å². The summed E-state index contributed by atoms with van der Waals surface area (Å²) in [6.07, 6.45) is 4.82. The molecule has 6 heteroatoms. The van der Waals surface area contributed by atoms with Crippen LogP contribution in [0, 0.1) is 0 Å². The van der Waals surface area contributed by atoms with E-state index in [4.69, 9.17) is 0 Å². The van der Waals surface area contributed by atoms with Crippen molar-refractivity contribution in [1.29, 1.82) is 0 Å². The second-order valence-electron chi connectivity index (χ2n) is 6.20. The highest BCUT2D eigenvalue weighted by Crippen LogP contribution is 2.25. The number of rotatable bonds is 8. The minimum Gasteiger partial charge on any atom is -0.480 e. The fourth-order valence-corrected chi connectivity index (χ4v) is 3.76. The van der Waals surface area contributed by atoms with Crippen molar-refractivity contribution in [3.8, 4) is 0 Å². The van der Waals surface area contributed by atoms with Crippen LogP contribution in [0.2, 0.25) is 0 Å². The molecule has 0 radical (unpaired) electrons. The summed E-state index contributed by atoms with van der Waals surface area (Å²) in [5.41, 5.74) is -0.773. The summed E-state index contributed by atoms with van der Waals surface area (Å²) in [7, 11) is -0.618. The van der Waals surface area contributed by atoms with Crippen LogP contribution in [0.25, 0.3) is 0 Å². The largest absolute Gasteiger partial charge is 0.480 e. The lowest BCUT2D eigenvalue weighted by Crippen LogP contribution is -2.50. The summed E-state index contributed by atoms with van der Waals surface area (Å²) >= 11 is 0. The highest BCUT2D eigenvalue weighted by molar-refractivity contribution is 7.85. The van der Waals surface area contributed by atoms with E-state index in [1.807, 2.05) is 0 Å². The molecular weight excluding hydrogens is 276 g/mol. The Morgan fingerprint density at radius 1 is 1.35 bits per heavy atom. The second kappa shape index (κ2) is 7.00. The summed E-state index contributed by atoms with van der Waals surface area (Å²) in [4.78, 5) is 13.8. The van der Waals surface area contributed by atoms with Gasteiger partial charge in [-0.15, -0.1) is 0 Å². The van der Waals surface area contributed by atoms with Crippen LogP contribution in [0.5, 0.6) is 0 Å². The molecule has 2 aliphatic rings. The number of carboxylic acid groups (broad SMARTS) is 1. The van der Waals surface area contributed by atoms with Gasteiger partial charge in [0, 0.05) is 41.4 Å². The van der Waals surface area contributed by atoms with Crippen molar-refractivity contribution in [2.24, 2.45) is 0 Å². The molecule has 1 saturated carbocycles. The van der Waals surface area contributed by atoms with Crippen molar-refractivity contribution in [3.63, 3.8) is 0 Å². The molecular formula is C14H26N2O3S. The molecule has 116 valence electrons. The van der Waals surface area contributed by atoms with Crippen molar-refractivity contribution in [2.45, 2.75) is 50.6 Å². The lowest BCUT2D eigenvalue weighted by atomic mass is 9.94. The van der Waals surface area contributed by atoms with E-state index in [0.717, 1.165) is 56.8 Å². The van der Waals surface area contributed by atoms with Gasteiger partial charge in [-0.1, -0.05) is 0 Å². The zero-order chi connectivity index (χ0) is 14.6. The van der Waals surface area contributed by atoms with Crippen molar-refractivity contribution in [3.05, 3.63) is 0 Å². The lowest BCUT2D eigenvalue weighted by Gasteiger charge is -2.28. The maximum Gasteiger partial charge on any atom is 0.323 e. The molecule has 1 aliphatic heterocycles. The topological polar surface area (TPSA) is 69.6 Å². The quantitative estimate of drug-likeness (QED) is 0.650. The van der Waals surface area contributed by atoms with Gasteiger partial charge in [0.2, 0.25) is 0 Å². The van der Waals surface area contributed by atoms with Crippen LogP contribution in [0.4, 0.5) is 0 Å². The predicted molar refractivity (Wildman–Crippen MR) is 80.4 cm³/mol. The molecule has 1 atom stereocenters. The van der Waals surface area contributed by atoms with Crippen molar-refractivity contribution < 1.29 is 14.1 Å². The Balaban J connectivity index is 1.65. The highest BCUT2D eigenvalue weighted by Gasteiger charge is 2.37. The molecule has 1 aliphatic carbocycles. The predicted octanol–water partition coefficient (Wildman–Crippen LogP) is 0.816. The van der Waals surface area contributed by atoms with E-state index < -0.39 is 22.3 Å². The van der Waals surface area contributed by atoms with Gasteiger partial charge in [-0.25, -0.2) is 0 Å². The molecule has 1 unspecified atom stereocenters. The number of nitrogens with zero attached hydrogens (tertiary/aromatic N) is 1. The van der Waals surface area contributed by atoms with Gasteiger partial charge in [0.25, 0.3) is 0 Å². The van der Waals surface area contributed by atoms with Gasteiger partial charge in [-0.3, -0.25) is 14.3 Å². The van der Waals surface area contributed by atoms with Crippen molar-refractivity contribution in [2.75, 3.05) is 31.1 Å². The molecule has 20 heavy (non-hydrogen) atoms. The molecule has 5 nitrogen and oxygen atoms in total. The summed E-state index contributed by atoms with van der Waals surface area (Å²) < 4.78 is 11.3. The van der Waals surface area contributed by atoms with Gasteiger partial charge in [0.15, 0.2) is 0 Å². The first kappa shape index (κ1) is 15.9. The van der Waals surface area contributed by atoms with E-state index >= 15 is 0 Å². The zero-order valence-electron chi connectivity index (χ0n) is 12.3. The van der Waals surface area contributed by atoms with Gasteiger partial charge in [0.1, 0.15) is 5.54 Å². The molecule has 1 saturated heterocycles. The molecule has 0 spiro atoms. The molecule has 0 amide bonds.